The number of likely N-dealkylation sites (tertiary alicyclic amines) is 1. The number of amides is 2. The van der Waals surface area contributed by atoms with Gasteiger partial charge in [-0.3, -0.25) is 14.5 Å². The van der Waals surface area contributed by atoms with Crippen LogP contribution in [0.25, 0.3) is 11.1 Å². The molecule has 2 aromatic rings. The second-order valence-corrected chi connectivity index (χ2v) is 11.7. The van der Waals surface area contributed by atoms with E-state index in [1.165, 1.54) is 6.20 Å². The van der Waals surface area contributed by atoms with Gasteiger partial charge in [0, 0.05) is 42.2 Å². The molecule has 2 aliphatic rings. The van der Waals surface area contributed by atoms with Crippen molar-refractivity contribution in [3.05, 3.63) is 82.5 Å². The third kappa shape index (κ3) is 9.23. The van der Waals surface area contributed by atoms with Crippen molar-refractivity contribution in [3.8, 4) is 17.2 Å². The summed E-state index contributed by atoms with van der Waals surface area (Å²) in [6.07, 6.45) is 9.96. The van der Waals surface area contributed by atoms with Gasteiger partial charge in [-0.15, -0.1) is 11.3 Å². The lowest BCUT2D eigenvalue weighted by Crippen LogP contribution is -2.51. The molecule has 1 aromatic carbocycles. The van der Waals surface area contributed by atoms with Crippen LogP contribution in [0.1, 0.15) is 49.5 Å². The minimum Gasteiger partial charge on any atom is -0.384 e. The third-order valence-electron chi connectivity index (χ3n) is 7.26. The Bertz CT molecular complexity index is 1410. The summed E-state index contributed by atoms with van der Waals surface area (Å²) in [6, 6.07) is 9.57. The van der Waals surface area contributed by atoms with Gasteiger partial charge in [0.25, 0.3) is 11.8 Å². The van der Waals surface area contributed by atoms with Crippen LogP contribution in [0.2, 0.25) is 0 Å². The van der Waals surface area contributed by atoms with E-state index in [1.807, 2.05) is 49.6 Å². The molecule has 1 aromatic heterocycles. The van der Waals surface area contributed by atoms with Gasteiger partial charge >= 0.3 is 0 Å². The first-order chi connectivity index (χ1) is 20.1. The number of halogens is 1. The van der Waals surface area contributed by atoms with Crippen molar-refractivity contribution >= 4 is 29.0 Å². The number of thiophene rings is 1. The Kier molecular flexibility index (Phi) is 11.8. The maximum atomic E-state index is 14.8. The molecule has 1 saturated heterocycles. The highest BCUT2D eigenvalue weighted by Gasteiger charge is 2.34. The Hall–Kier alpha value is -4.07. The average molecular weight is 591 g/mol. The zero-order chi connectivity index (χ0) is 30.7. The summed E-state index contributed by atoms with van der Waals surface area (Å²) in [4.78, 5) is 31.1. The number of nitrogens with two attached hydrogens (primary N) is 2. The number of carbonyl (C=O) groups is 2. The number of piperidine rings is 1. The lowest BCUT2D eigenvalue weighted by molar-refractivity contribution is -0.118. The van der Waals surface area contributed by atoms with E-state index < -0.39 is 11.4 Å². The van der Waals surface area contributed by atoms with Gasteiger partial charge in [-0.1, -0.05) is 36.9 Å². The van der Waals surface area contributed by atoms with Crippen molar-refractivity contribution in [2.24, 2.45) is 22.4 Å². The maximum absolute atomic E-state index is 14.8. The van der Waals surface area contributed by atoms with E-state index in [1.54, 1.807) is 23.5 Å². The van der Waals surface area contributed by atoms with Gasteiger partial charge in [0.05, 0.1) is 23.6 Å². The number of amidine groups is 1. The van der Waals surface area contributed by atoms with Crippen molar-refractivity contribution in [3.63, 3.8) is 0 Å². The first-order valence-corrected chi connectivity index (χ1v) is 14.8. The van der Waals surface area contributed by atoms with Gasteiger partial charge in [-0.2, -0.15) is 10.3 Å². The fraction of sp³-hybridized carbons (Fsp3) is 0.375. The summed E-state index contributed by atoms with van der Waals surface area (Å²) in [5.74, 6) is -1.73. The van der Waals surface area contributed by atoms with E-state index in [0.29, 0.717) is 38.0 Å². The van der Waals surface area contributed by atoms with Crippen LogP contribution < -0.4 is 16.8 Å². The van der Waals surface area contributed by atoms with Crippen molar-refractivity contribution in [1.82, 2.24) is 10.2 Å². The van der Waals surface area contributed by atoms with Crippen molar-refractivity contribution in [2.75, 3.05) is 13.1 Å². The highest BCUT2D eigenvalue weighted by atomic mass is 32.1. The molecule has 0 spiro atoms. The number of aliphatic imine (C=N–C) groups is 1. The number of rotatable bonds is 10. The van der Waals surface area contributed by atoms with Crippen molar-refractivity contribution in [1.29, 1.82) is 5.26 Å². The van der Waals surface area contributed by atoms with E-state index in [-0.39, 0.29) is 35.5 Å². The third-order valence-corrected chi connectivity index (χ3v) is 8.12. The number of hydrogen-bond donors (Lipinski definition) is 3. The summed E-state index contributed by atoms with van der Waals surface area (Å²) in [5.41, 5.74) is 13.1. The lowest BCUT2D eigenvalue weighted by Gasteiger charge is -2.41. The van der Waals surface area contributed by atoms with Crippen LogP contribution in [0.3, 0.4) is 0 Å². The molecule has 0 bridgehead atoms. The highest BCUT2D eigenvalue weighted by Crippen LogP contribution is 2.31. The summed E-state index contributed by atoms with van der Waals surface area (Å²) in [5, 5.41) is 14.6. The van der Waals surface area contributed by atoms with Gasteiger partial charge in [-0.05, 0) is 68.2 Å². The SMILES string of the molecule is C=C/C=C\C.Cc1cc(-c2ccc(CN3CCC(CC#N)(N/C=C(/C(N)=O)C(N)=NC(=O)C4CC4)CC3)cc2F)cs1. The van der Waals surface area contributed by atoms with Crippen LogP contribution in [0.5, 0.6) is 0 Å². The number of hydrogen-bond acceptors (Lipinski definition) is 6. The van der Waals surface area contributed by atoms with E-state index in [2.05, 4.69) is 27.9 Å². The van der Waals surface area contributed by atoms with Gasteiger partial charge < -0.3 is 16.8 Å². The first kappa shape index (κ1) is 32.4. The van der Waals surface area contributed by atoms with Crippen LogP contribution in [-0.2, 0) is 16.1 Å². The van der Waals surface area contributed by atoms with Gasteiger partial charge in [-0.25, -0.2) is 4.39 Å². The Morgan fingerprint density at radius 3 is 2.50 bits per heavy atom. The summed E-state index contributed by atoms with van der Waals surface area (Å²) < 4.78 is 14.8. The largest absolute Gasteiger partial charge is 0.384 e. The van der Waals surface area contributed by atoms with Crippen molar-refractivity contribution in [2.45, 2.75) is 58.0 Å². The molecule has 8 nitrogen and oxygen atoms in total. The molecule has 2 fully saturated rings. The number of nitrogens with zero attached hydrogens (tertiary/aromatic N) is 3. The molecule has 1 aliphatic heterocycles. The zero-order valence-electron chi connectivity index (χ0n) is 24.2. The second kappa shape index (κ2) is 15.2. The highest BCUT2D eigenvalue weighted by molar-refractivity contribution is 7.10. The number of nitrogens with one attached hydrogen (secondary N) is 1. The number of benzene rings is 1. The molecule has 4 rings (SSSR count). The van der Waals surface area contributed by atoms with Gasteiger partial charge in [0.2, 0.25) is 0 Å². The molecule has 42 heavy (non-hydrogen) atoms. The topological polar surface area (TPSA) is 138 Å². The molecule has 1 aliphatic carbocycles. The molecule has 222 valence electrons. The molecule has 1 saturated carbocycles. The molecule has 5 N–H and O–H groups in total. The Morgan fingerprint density at radius 1 is 1.29 bits per heavy atom. The molecular weight excluding hydrogens is 551 g/mol. The summed E-state index contributed by atoms with van der Waals surface area (Å²) >= 11 is 1.60. The lowest BCUT2D eigenvalue weighted by atomic mass is 9.84. The van der Waals surface area contributed by atoms with E-state index in [0.717, 1.165) is 28.8 Å². The zero-order valence-corrected chi connectivity index (χ0v) is 25.1. The number of nitriles is 1. The number of primary amides is 1. The molecule has 2 amide bonds. The molecule has 10 heteroatoms. The minimum absolute atomic E-state index is 0.0786. The molecular formula is C32H39FN6O2S. The second-order valence-electron chi connectivity index (χ2n) is 10.6. The fourth-order valence-electron chi connectivity index (χ4n) is 4.63. The molecule has 0 unspecified atom stereocenters. The Morgan fingerprint density at radius 2 is 2.00 bits per heavy atom. The molecule has 0 radical (unpaired) electrons. The fourth-order valence-corrected chi connectivity index (χ4v) is 5.33. The standard InChI is InChI=1S/C27H31FN6O2S.C5H8/c1-17-12-20(16-37-17)21-5-2-18(13-23(21)28)15-34-10-7-27(6-9-29,8-11-34)32-14-22(25(31)35)24(30)33-26(36)19-3-4-19;1-3-5-4-2/h2,5,12-14,16,19,32H,3-4,6-8,10-11,15H2,1H3,(H2,31,35)(H2,30,33,36);3-5H,1H2,2H3/b22-14+;5-4-. The Labute approximate surface area is 251 Å². The smallest absolute Gasteiger partial charge is 0.253 e. The molecule has 2 heterocycles. The van der Waals surface area contributed by atoms with Gasteiger partial charge in [0.15, 0.2) is 0 Å². The number of carbonyl (C=O) groups excluding carboxylic acids is 2. The van der Waals surface area contributed by atoms with Crippen LogP contribution in [-0.4, -0.2) is 41.2 Å². The monoisotopic (exact) mass is 590 g/mol. The van der Waals surface area contributed by atoms with Crippen molar-refractivity contribution < 1.29 is 14.0 Å². The normalized spacial score (nSPS) is 17.2. The maximum Gasteiger partial charge on any atom is 0.253 e. The van der Waals surface area contributed by atoms with Crippen LogP contribution in [0.15, 0.2) is 71.2 Å². The Balaban J connectivity index is 0.000000892. The minimum atomic E-state index is -0.801. The quantitative estimate of drug-likeness (QED) is 0.152. The predicted octanol–water partition coefficient (Wildman–Crippen LogP) is 5.11. The molecule has 0 atom stereocenters. The van der Waals surface area contributed by atoms with E-state index in [9.17, 15) is 19.2 Å². The first-order valence-electron chi connectivity index (χ1n) is 13.9. The van der Waals surface area contributed by atoms with E-state index in [4.69, 9.17) is 11.5 Å². The number of allylic oxidation sites excluding steroid dienone is 3. The predicted molar refractivity (Wildman–Crippen MR) is 167 cm³/mol. The van der Waals surface area contributed by atoms with Crippen LogP contribution >= 0.6 is 11.3 Å². The summed E-state index contributed by atoms with van der Waals surface area (Å²) in [7, 11) is 0. The van der Waals surface area contributed by atoms with Crippen LogP contribution in [0.4, 0.5) is 4.39 Å². The van der Waals surface area contributed by atoms with Gasteiger partial charge in [0.1, 0.15) is 11.7 Å². The summed E-state index contributed by atoms with van der Waals surface area (Å²) in [6.45, 7) is 9.36. The number of aryl methyl sites for hydroxylation is 1. The average Bonchev–Trinajstić information content (AvgIpc) is 3.72. The van der Waals surface area contributed by atoms with E-state index >= 15 is 0 Å². The van der Waals surface area contributed by atoms with Crippen LogP contribution in [0, 0.1) is 30.0 Å².